The van der Waals surface area contributed by atoms with E-state index >= 15 is 4.39 Å². The minimum absolute atomic E-state index is 0.0176. The van der Waals surface area contributed by atoms with Crippen LogP contribution in [0.15, 0.2) is 54.9 Å². The Morgan fingerprint density at radius 1 is 0.877 bits per heavy atom. The van der Waals surface area contributed by atoms with E-state index in [0.29, 0.717) is 80.1 Å². The number of nitrogens with zero attached hydrogens (tertiary/aromatic N) is 12. The van der Waals surface area contributed by atoms with Gasteiger partial charge in [-0.2, -0.15) is 15.1 Å². The highest BCUT2D eigenvalue weighted by atomic mass is 19.1. The average molecular weight is 772 g/mol. The maximum atomic E-state index is 15.4. The quantitative estimate of drug-likeness (QED) is 0.277. The fourth-order valence-corrected chi connectivity index (χ4v) is 9.31. The number of imidazole rings is 1. The normalized spacial score (nSPS) is 23.5. The number of pyridine rings is 2. The zero-order valence-electron chi connectivity index (χ0n) is 31.4. The van der Waals surface area contributed by atoms with E-state index < -0.39 is 23.7 Å². The van der Waals surface area contributed by atoms with Gasteiger partial charge in [-0.3, -0.25) is 14.6 Å². The molecule has 6 aliphatic rings. The molecule has 1 aromatic carbocycles. The summed E-state index contributed by atoms with van der Waals surface area (Å²) in [5.74, 6) is 0.733. The smallest absolute Gasteiger partial charge is 0.245 e. The lowest BCUT2D eigenvalue weighted by atomic mass is 9.87. The van der Waals surface area contributed by atoms with Crippen LogP contribution in [0.5, 0.6) is 0 Å². The molecular weight excluding hydrogens is 733 g/mol. The van der Waals surface area contributed by atoms with Crippen LogP contribution >= 0.6 is 0 Å². The Balaban J connectivity index is 1.02. The lowest BCUT2D eigenvalue weighted by molar-refractivity contribution is -0.140. The first-order chi connectivity index (χ1) is 27.7. The predicted octanol–water partition coefficient (Wildman–Crippen LogP) is 4.08. The highest BCUT2D eigenvalue weighted by Crippen LogP contribution is 2.43. The lowest BCUT2D eigenvalue weighted by Crippen LogP contribution is -2.72. The van der Waals surface area contributed by atoms with E-state index in [4.69, 9.17) is 24.9 Å². The predicted molar refractivity (Wildman–Crippen MR) is 207 cm³/mol. The van der Waals surface area contributed by atoms with Crippen molar-refractivity contribution in [3.63, 3.8) is 0 Å². The van der Waals surface area contributed by atoms with Crippen molar-refractivity contribution in [1.82, 2.24) is 49.1 Å². The molecule has 12 rings (SSSR count). The van der Waals surface area contributed by atoms with Crippen molar-refractivity contribution < 1.29 is 18.4 Å². The molecule has 10 heterocycles. The monoisotopic (exact) mass is 771 g/mol. The summed E-state index contributed by atoms with van der Waals surface area (Å²) in [6.07, 6.45) is 7.17. The summed E-state index contributed by atoms with van der Waals surface area (Å²) in [4.78, 5) is 60.7. The Hall–Kier alpha value is -6.26. The molecule has 1 saturated carbocycles. The van der Waals surface area contributed by atoms with Gasteiger partial charge in [-0.05, 0) is 69.4 Å². The van der Waals surface area contributed by atoms with Crippen LogP contribution in [0.4, 0.5) is 26.4 Å². The van der Waals surface area contributed by atoms with Crippen molar-refractivity contribution in [1.29, 1.82) is 0 Å². The molecule has 57 heavy (non-hydrogen) atoms. The first-order valence-electron chi connectivity index (χ1n) is 19.6. The third kappa shape index (κ3) is 5.41. The molecule has 17 heteroatoms. The number of hydrogen-bond donors (Lipinski definition) is 1. The number of piperidine rings is 1. The van der Waals surface area contributed by atoms with Gasteiger partial charge >= 0.3 is 0 Å². The standard InChI is InChI=1S/C40H39F2N13O2/c1-21-45-29-11-12-43-34-28-5-3-6-33(47-28)46-23-16-31(38(56)50(2)13-4-14-51(21)35(29)34)53(19-23)36-26-18-44-55(30-10-7-22(41)15-27(30)42)37(26)49-40(48-36)54-25-17-32(54)39(57)52(20-25)24-8-9-24/h3,5-7,10-12,15,18,23-25,31-32H,4,8-9,13-14,16-17,19-20H2,1-2H3,(H,46,47). The van der Waals surface area contributed by atoms with Gasteiger partial charge < -0.3 is 29.5 Å². The Morgan fingerprint density at radius 2 is 1.75 bits per heavy atom. The number of anilines is 3. The molecule has 15 nitrogen and oxygen atoms in total. The van der Waals surface area contributed by atoms with Gasteiger partial charge in [0.25, 0.3) is 0 Å². The number of carbonyl (C=O) groups excluding carboxylic acids is 2. The van der Waals surface area contributed by atoms with Crippen LogP contribution in [0.25, 0.3) is 39.1 Å². The maximum Gasteiger partial charge on any atom is 0.245 e. The van der Waals surface area contributed by atoms with Gasteiger partial charge in [0.2, 0.25) is 17.8 Å². The molecule has 4 saturated heterocycles. The van der Waals surface area contributed by atoms with Crippen molar-refractivity contribution >= 4 is 51.5 Å². The number of nitrogens with one attached hydrogen (secondary N) is 1. The molecular formula is C40H39F2N13O2. The number of halogens is 2. The largest absolute Gasteiger partial charge is 0.365 e. The molecule has 4 unspecified atom stereocenters. The molecule has 1 N–H and O–H groups in total. The second-order valence-corrected chi connectivity index (χ2v) is 15.9. The van der Waals surface area contributed by atoms with Gasteiger partial charge in [0, 0.05) is 57.6 Å². The van der Waals surface area contributed by atoms with Crippen molar-refractivity contribution in [2.45, 2.75) is 75.8 Å². The molecule has 5 aliphatic heterocycles. The Morgan fingerprint density at radius 3 is 2.58 bits per heavy atom. The molecule has 6 bridgehead atoms. The second-order valence-electron chi connectivity index (χ2n) is 15.9. The first kappa shape index (κ1) is 34.0. The van der Waals surface area contributed by atoms with E-state index in [9.17, 15) is 14.0 Å². The summed E-state index contributed by atoms with van der Waals surface area (Å²) in [5.41, 5.74) is 3.50. The number of fused-ring (bicyclic) bond motifs is 8. The van der Waals surface area contributed by atoms with E-state index in [2.05, 4.69) is 15.0 Å². The molecule has 0 radical (unpaired) electrons. The second kappa shape index (κ2) is 12.6. The van der Waals surface area contributed by atoms with Gasteiger partial charge in [-0.25, -0.2) is 23.4 Å². The van der Waals surface area contributed by atoms with Gasteiger partial charge in [0.05, 0.1) is 34.4 Å². The number of rotatable bonds is 4. The van der Waals surface area contributed by atoms with Gasteiger partial charge in [0.1, 0.15) is 46.7 Å². The number of likely N-dealkylation sites (N-methyl/N-ethyl adjacent to an activating group) is 1. The summed E-state index contributed by atoms with van der Waals surface area (Å²) >= 11 is 0. The van der Waals surface area contributed by atoms with Crippen molar-refractivity contribution in [3.05, 3.63) is 72.3 Å². The fourth-order valence-electron chi connectivity index (χ4n) is 9.31. The van der Waals surface area contributed by atoms with E-state index in [1.54, 1.807) is 17.3 Å². The van der Waals surface area contributed by atoms with E-state index in [-0.39, 0.29) is 35.2 Å². The maximum absolute atomic E-state index is 15.4. The summed E-state index contributed by atoms with van der Waals surface area (Å²) < 4.78 is 32.9. The lowest BCUT2D eigenvalue weighted by Gasteiger charge is -2.55. The summed E-state index contributed by atoms with van der Waals surface area (Å²) in [6.45, 7) is 4.05. The van der Waals surface area contributed by atoms with Crippen molar-refractivity contribution in [2.24, 2.45) is 0 Å². The van der Waals surface area contributed by atoms with Crippen molar-refractivity contribution in [2.75, 3.05) is 41.8 Å². The minimum atomic E-state index is -0.801. The Labute approximate surface area is 325 Å². The summed E-state index contributed by atoms with van der Waals surface area (Å²) in [7, 11) is 1.82. The highest BCUT2D eigenvalue weighted by molar-refractivity contribution is 5.95. The number of amides is 2. The Kier molecular flexibility index (Phi) is 7.54. The SMILES string of the molecule is Cc1nc2ccnc3c2n1CCCN(C)C(=O)C1CC(CN1c1nc(N2C4CC2C(=O)N(C2CC2)C4)nc2c1cnn2-c1ccc(F)cc1F)Nc1cccc-3n1. The number of aryl methyl sites for hydroxylation is 2. The zero-order chi connectivity index (χ0) is 38.7. The number of piperazine rings is 1. The number of carbonyl (C=O) groups is 2. The number of benzene rings is 1. The van der Waals surface area contributed by atoms with E-state index in [1.165, 1.54) is 16.8 Å². The van der Waals surface area contributed by atoms with Crippen LogP contribution in [-0.2, 0) is 16.1 Å². The van der Waals surface area contributed by atoms with Crippen LogP contribution < -0.4 is 15.1 Å². The zero-order valence-corrected chi connectivity index (χ0v) is 31.4. The van der Waals surface area contributed by atoms with Crippen LogP contribution in [0.1, 0.15) is 37.9 Å². The minimum Gasteiger partial charge on any atom is -0.365 e. The molecule has 5 aromatic heterocycles. The van der Waals surface area contributed by atoms with Crippen LogP contribution in [0.2, 0.25) is 0 Å². The highest BCUT2D eigenvalue weighted by Gasteiger charge is 2.54. The topological polar surface area (TPSA) is 146 Å². The Bertz CT molecular complexity index is 2640. The molecule has 4 atom stereocenters. The van der Waals surface area contributed by atoms with Crippen LogP contribution in [0, 0.1) is 18.6 Å². The van der Waals surface area contributed by atoms with Crippen LogP contribution in [-0.4, -0.2) is 118 Å². The van der Waals surface area contributed by atoms with Crippen molar-refractivity contribution in [3.8, 4) is 17.1 Å². The molecule has 290 valence electrons. The van der Waals surface area contributed by atoms with Crippen LogP contribution in [0.3, 0.4) is 0 Å². The molecule has 2 amide bonds. The third-order valence-corrected chi connectivity index (χ3v) is 12.3. The molecule has 5 fully saturated rings. The van der Waals surface area contributed by atoms with E-state index in [0.717, 1.165) is 41.5 Å². The van der Waals surface area contributed by atoms with Gasteiger partial charge in [-0.15, -0.1) is 0 Å². The first-order valence-corrected chi connectivity index (χ1v) is 19.6. The average Bonchev–Trinajstić information content (AvgIpc) is 3.69. The number of hydrogen-bond acceptors (Lipinski definition) is 11. The third-order valence-electron chi connectivity index (χ3n) is 12.3. The van der Waals surface area contributed by atoms with Gasteiger partial charge in [-0.1, -0.05) is 6.07 Å². The van der Waals surface area contributed by atoms with Gasteiger partial charge in [0.15, 0.2) is 11.5 Å². The molecule has 6 aromatic rings. The summed E-state index contributed by atoms with van der Waals surface area (Å²) in [5, 5.41) is 8.66. The fraction of sp³-hybridized carbons (Fsp3) is 0.400. The molecule has 0 spiro atoms. The number of aromatic nitrogens is 8. The van der Waals surface area contributed by atoms with E-state index in [1.807, 2.05) is 52.9 Å². The summed E-state index contributed by atoms with van der Waals surface area (Å²) in [6, 6.07) is 10.0. The molecule has 1 aliphatic carbocycles.